The molecule has 0 aliphatic carbocycles. The van der Waals surface area contributed by atoms with Gasteiger partial charge in [0, 0.05) is 6.20 Å². The van der Waals surface area contributed by atoms with Crippen molar-refractivity contribution in [3.63, 3.8) is 0 Å². The average Bonchev–Trinajstić information content (AvgIpc) is 2.58. The summed E-state index contributed by atoms with van der Waals surface area (Å²) in [7, 11) is 0. The van der Waals surface area contributed by atoms with Gasteiger partial charge in [-0.25, -0.2) is 4.98 Å². The third-order valence-electron chi connectivity index (χ3n) is 1.80. The van der Waals surface area contributed by atoms with Gasteiger partial charge in [-0.1, -0.05) is 26.3 Å². The van der Waals surface area contributed by atoms with Crippen LogP contribution in [-0.4, -0.2) is 15.7 Å². The largest absolute Gasteiger partial charge is 0.574 e. The summed E-state index contributed by atoms with van der Waals surface area (Å²) in [6, 6.07) is 4.31. The molecule has 2 aromatic rings. The van der Waals surface area contributed by atoms with Crippen molar-refractivity contribution in [2.45, 2.75) is 33.6 Å². The number of fused-ring (bicyclic) bond motifs is 1. The summed E-state index contributed by atoms with van der Waals surface area (Å²) < 4.78 is 41.2. The van der Waals surface area contributed by atoms with Crippen LogP contribution in [0.25, 0.3) is 5.65 Å². The predicted octanol–water partition coefficient (Wildman–Crippen LogP) is 3.96. The van der Waals surface area contributed by atoms with E-state index < -0.39 is 6.36 Å². The molecule has 0 amide bonds. The van der Waals surface area contributed by atoms with Gasteiger partial charge in [0.15, 0.2) is 0 Å². The van der Waals surface area contributed by atoms with Gasteiger partial charge in [-0.2, -0.15) is 0 Å². The molecule has 0 aliphatic heterocycles. The topological polar surface area (TPSA) is 26.5 Å². The van der Waals surface area contributed by atoms with E-state index in [-0.39, 0.29) is 5.88 Å². The molecule has 0 aliphatic rings. The lowest BCUT2D eigenvalue weighted by Crippen LogP contribution is -2.18. The zero-order chi connectivity index (χ0) is 13.8. The minimum atomic E-state index is -4.69. The summed E-state index contributed by atoms with van der Waals surface area (Å²) >= 11 is 0. The Hall–Kier alpha value is -1.72. The van der Waals surface area contributed by atoms with E-state index in [1.54, 1.807) is 13.0 Å². The smallest absolute Gasteiger partial charge is 0.389 e. The normalized spacial score (nSPS) is 11.0. The van der Waals surface area contributed by atoms with Crippen molar-refractivity contribution >= 4 is 5.65 Å². The first-order valence-electron chi connectivity index (χ1n) is 5.57. The first-order chi connectivity index (χ1) is 8.37. The third-order valence-corrected chi connectivity index (χ3v) is 1.80. The van der Waals surface area contributed by atoms with Gasteiger partial charge in [-0.3, -0.25) is 4.40 Å². The van der Waals surface area contributed by atoms with Gasteiger partial charge in [0.25, 0.3) is 0 Å². The first-order valence-corrected chi connectivity index (χ1v) is 5.57. The Kier molecular flexibility index (Phi) is 4.58. The van der Waals surface area contributed by atoms with Crippen molar-refractivity contribution in [1.29, 1.82) is 0 Å². The molecule has 0 fully saturated rings. The number of imidazole rings is 1. The molecule has 0 saturated carbocycles. The summed E-state index contributed by atoms with van der Waals surface area (Å²) in [6.45, 7) is 5.95. The molecule has 0 unspecified atom stereocenters. The highest BCUT2D eigenvalue weighted by atomic mass is 19.4. The maximum absolute atomic E-state index is 12.0. The summed E-state index contributed by atoms with van der Waals surface area (Å²) in [5.41, 5.74) is 1.06. The molecule has 0 saturated heterocycles. The number of aryl methyl sites for hydroxylation is 1. The molecule has 0 N–H and O–H groups in total. The Morgan fingerprint density at radius 2 is 1.89 bits per heavy atom. The number of hydrogen-bond donors (Lipinski definition) is 0. The lowest BCUT2D eigenvalue weighted by atomic mass is 10.4. The van der Waals surface area contributed by atoms with Crippen molar-refractivity contribution in [1.82, 2.24) is 9.38 Å². The van der Waals surface area contributed by atoms with Crippen LogP contribution < -0.4 is 4.74 Å². The Labute approximate surface area is 103 Å². The van der Waals surface area contributed by atoms with E-state index in [2.05, 4.69) is 23.6 Å². The fourth-order valence-electron chi connectivity index (χ4n) is 1.31. The number of pyridine rings is 1. The minimum absolute atomic E-state index is 0.291. The second kappa shape index (κ2) is 5.75. The Balaban J connectivity index is 0.000000492. The molecule has 2 aromatic heterocycles. The summed E-state index contributed by atoms with van der Waals surface area (Å²) in [4.78, 5) is 4.02. The van der Waals surface area contributed by atoms with Crippen LogP contribution in [0.15, 0.2) is 24.4 Å². The van der Waals surface area contributed by atoms with Crippen LogP contribution in [0.5, 0.6) is 5.88 Å². The van der Waals surface area contributed by atoms with Gasteiger partial charge in [-0.05, 0) is 19.1 Å². The molecule has 6 heteroatoms. The second-order valence-corrected chi connectivity index (χ2v) is 3.73. The summed E-state index contributed by atoms with van der Waals surface area (Å²) in [5, 5.41) is 0. The Morgan fingerprint density at radius 1 is 1.28 bits per heavy atom. The standard InChI is InChI=1S/C9H7F3N2O.C3H8/c1-6-5-14-7(13-6)3-2-4-8(14)15-9(10,11)12;1-3-2/h2-5H,1H3;3H2,1-2H3. The summed E-state index contributed by atoms with van der Waals surface area (Å²) in [6.07, 6.45) is -1.96. The molecule has 100 valence electrons. The number of hydrogen-bond acceptors (Lipinski definition) is 2. The highest BCUT2D eigenvalue weighted by molar-refractivity contribution is 5.43. The molecule has 0 spiro atoms. The fourth-order valence-corrected chi connectivity index (χ4v) is 1.31. The maximum Gasteiger partial charge on any atom is 0.574 e. The zero-order valence-electron chi connectivity index (χ0n) is 10.5. The molecule has 2 rings (SSSR count). The predicted molar refractivity (Wildman–Crippen MR) is 62.6 cm³/mol. The van der Waals surface area contributed by atoms with Crippen molar-refractivity contribution in [3.8, 4) is 5.88 Å². The van der Waals surface area contributed by atoms with Gasteiger partial charge in [0.05, 0.1) is 5.69 Å². The minimum Gasteiger partial charge on any atom is -0.389 e. The van der Waals surface area contributed by atoms with E-state index in [0.29, 0.717) is 11.3 Å². The highest BCUT2D eigenvalue weighted by Gasteiger charge is 2.32. The highest BCUT2D eigenvalue weighted by Crippen LogP contribution is 2.23. The van der Waals surface area contributed by atoms with Crippen molar-refractivity contribution < 1.29 is 17.9 Å². The monoisotopic (exact) mass is 260 g/mol. The van der Waals surface area contributed by atoms with Gasteiger partial charge in [-0.15, -0.1) is 13.2 Å². The quantitative estimate of drug-likeness (QED) is 0.775. The van der Waals surface area contributed by atoms with Crippen LogP contribution >= 0.6 is 0 Å². The molecule has 2 heterocycles. The van der Waals surface area contributed by atoms with E-state index in [1.807, 2.05) is 0 Å². The van der Waals surface area contributed by atoms with E-state index in [0.717, 1.165) is 0 Å². The SMILES string of the molecule is CCC.Cc1cn2c(OC(F)(F)F)cccc2n1. The first kappa shape index (κ1) is 14.3. The molecular formula is C12H15F3N2O. The Bertz CT molecular complexity index is 505. The van der Waals surface area contributed by atoms with E-state index in [4.69, 9.17) is 0 Å². The Morgan fingerprint density at radius 3 is 2.44 bits per heavy atom. The average molecular weight is 260 g/mol. The summed E-state index contributed by atoms with van der Waals surface area (Å²) in [5.74, 6) is -0.291. The zero-order valence-corrected chi connectivity index (χ0v) is 10.5. The third kappa shape index (κ3) is 3.94. The van der Waals surface area contributed by atoms with Gasteiger partial charge in [0.2, 0.25) is 5.88 Å². The van der Waals surface area contributed by atoms with Crippen LogP contribution in [0, 0.1) is 6.92 Å². The van der Waals surface area contributed by atoms with Crippen LogP contribution in [0.3, 0.4) is 0 Å². The second-order valence-electron chi connectivity index (χ2n) is 3.73. The van der Waals surface area contributed by atoms with Crippen molar-refractivity contribution in [2.24, 2.45) is 0 Å². The lowest BCUT2D eigenvalue weighted by Gasteiger charge is -2.09. The number of halogens is 3. The number of alkyl halides is 3. The molecule has 0 radical (unpaired) electrons. The van der Waals surface area contributed by atoms with E-state index in [1.165, 1.54) is 29.2 Å². The molecule has 0 atom stereocenters. The lowest BCUT2D eigenvalue weighted by molar-refractivity contribution is -0.276. The maximum atomic E-state index is 12.0. The van der Waals surface area contributed by atoms with Crippen molar-refractivity contribution in [3.05, 3.63) is 30.1 Å². The molecule has 18 heavy (non-hydrogen) atoms. The van der Waals surface area contributed by atoms with Crippen LogP contribution in [-0.2, 0) is 0 Å². The van der Waals surface area contributed by atoms with Crippen LogP contribution in [0.2, 0.25) is 0 Å². The number of nitrogens with zero attached hydrogens (tertiary/aromatic N) is 2. The van der Waals surface area contributed by atoms with E-state index in [9.17, 15) is 13.2 Å². The van der Waals surface area contributed by atoms with Crippen LogP contribution in [0.4, 0.5) is 13.2 Å². The molecular weight excluding hydrogens is 245 g/mol. The van der Waals surface area contributed by atoms with E-state index >= 15 is 0 Å². The van der Waals surface area contributed by atoms with Gasteiger partial charge < -0.3 is 4.74 Å². The number of rotatable bonds is 1. The van der Waals surface area contributed by atoms with Gasteiger partial charge >= 0.3 is 6.36 Å². The number of ether oxygens (including phenoxy) is 1. The van der Waals surface area contributed by atoms with Crippen LogP contribution in [0.1, 0.15) is 26.0 Å². The molecule has 3 nitrogen and oxygen atoms in total. The molecule has 0 aromatic carbocycles. The molecule has 0 bridgehead atoms. The fraction of sp³-hybridized carbons (Fsp3) is 0.417. The number of aromatic nitrogens is 2. The van der Waals surface area contributed by atoms with Gasteiger partial charge in [0.1, 0.15) is 5.65 Å². The van der Waals surface area contributed by atoms with Crippen molar-refractivity contribution in [2.75, 3.05) is 0 Å².